The summed E-state index contributed by atoms with van der Waals surface area (Å²) in [5.41, 5.74) is 0. The van der Waals surface area contributed by atoms with Crippen LogP contribution in [0.3, 0.4) is 0 Å². The van der Waals surface area contributed by atoms with Crippen LogP contribution >= 0.6 is 0 Å². The van der Waals surface area contributed by atoms with Gasteiger partial charge in [-0.25, -0.2) is 8.42 Å². The molecule has 0 spiro atoms. The van der Waals surface area contributed by atoms with Crippen LogP contribution in [0.1, 0.15) is 12.8 Å². The average Bonchev–Trinajstić information content (AvgIpc) is 2.56. The van der Waals surface area contributed by atoms with Gasteiger partial charge in [0, 0.05) is 12.6 Å². The molecular formula is C10H14N2O6S. The third kappa shape index (κ3) is 3.10. The quantitative estimate of drug-likeness (QED) is 0.575. The van der Waals surface area contributed by atoms with E-state index in [1.54, 1.807) is 0 Å². The molecule has 9 heteroatoms. The summed E-state index contributed by atoms with van der Waals surface area (Å²) in [6, 6.07) is -1.52. The fourth-order valence-corrected chi connectivity index (χ4v) is 4.05. The molecule has 2 unspecified atom stereocenters. The van der Waals surface area contributed by atoms with Crippen molar-refractivity contribution in [3.63, 3.8) is 0 Å². The van der Waals surface area contributed by atoms with Crippen LogP contribution in [0.25, 0.3) is 0 Å². The summed E-state index contributed by atoms with van der Waals surface area (Å²) in [7, 11) is -3.29. The lowest BCUT2D eigenvalue weighted by molar-refractivity contribution is -0.139. The topological polar surface area (TPSA) is 121 Å². The predicted molar refractivity (Wildman–Crippen MR) is 63.0 cm³/mol. The Balaban J connectivity index is 2.19. The van der Waals surface area contributed by atoms with Gasteiger partial charge in [-0.1, -0.05) is 0 Å². The highest BCUT2D eigenvalue weighted by Gasteiger charge is 2.42. The summed E-state index contributed by atoms with van der Waals surface area (Å²) in [6.07, 6.45) is -0.411. The van der Waals surface area contributed by atoms with Crippen molar-refractivity contribution in [1.29, 1.82) is 0 Å². The van der Waals surface area contributed by atoms with Crippen molar-refractivity contribution < 1.29 is 27.9 Å². The summed E-state index contributed by atoms with van der Waals surface area (Å²) in [5, 5.41) is 11.0. The zero-order valence-electron chi connectivity index (χ0n) is 10.0. The van der Waals surface area contributed by atoms with Crippen LogP contribution in [-0.4, -0.2) is 66.3 Å². The Hall–Kier alpha value is -1.48. The highest BCUT2D eigenvalue weighted by Crippen LogP contribution is 2.21. The number of aliphatic carboxylic acids is 1. The van der Waals surface area contributed by atoms with E-state index < -0.39 is 39.7 Å². The van der Waals surface area contributed by atoms with Gasteiger partial charge in [-0.2, -0.15) is 0 Å². The number of carboxylic acid groups (broad SMARTS) is 1. The molecule has 2 heterocycles. The zero-order chi connectivity index (χ0) is 14.2. The second-order valence-electron chi connectivity index (χ2n) is 4.74. The normalized spacial score (nSPS) is 31.2. The number of imide groups is 1. The van der Waals surface area contributed by atoms with Crippen LogP contribution in [0.4, 0.5) is 0 Å². The summed E-state index contributed by atoms with van der Waals surface area (Å²) >= 11 is 0. The maximum Gasteiger partial charge on any atom is 0.304 e. The maximum absolute atomic E-state index is 11.6. The second kappa shape index (κ2) is 4.89. The Morgan fingerprint density at radius 2 is 2.11 bits per heavy atom. The van der Waals surface area contributed by atoms with Crippen molar-refractivity contribution in [1.82, 2.24) is 10.2 Å². The van der Waals surface area contributed by atoms with Gasteiger partial charge in [0.15, 0.2) is 9.84 Å². The van der Waals surface area contributed by atoms with Crippen molar-refractivity contribution >= 4 is 27.6 Å². The van der Waals surface area contributed by atoms with E-state index in [4.69, 9.17) is 5.11 Å². The molecule has 2 rings (SSSR count). The molecule has 0 aliphatic carbocycles. The highest BCUT2D eigenvalue weighted by molar-refractivity contribution is 7.91. The SMILES string of the molecule is O=C(O)CC1CS(=O)(=O)CCN1C1CC(=O)NC1=O. The average molecular weight is 290 g/mol. The minimum atomic E-state index is -3.29. The first-order valence-electron chi connectivity index (χ1n) is 5.80. The van der Waals surface area contributed by atoms with Gasteiger partial charge in [-0.15, -0.1) is 0 Å². The van der Waals surface area contributed by atoms with Gasteiger partial charge in [0.05, 0.1) is 30.4 Å². The third-order valence-electron chi connectivity index (χ3n) is 3.33. The second-order valence-corrected chi connectivity index (χ2v) is 6.96. The molecule has 2 amide bonds. The number of carbonyl (C=O) groups excluding carboxylic acids is 2. The van der Waals surface area contributed by atoms with Gasteiger partial charge in [-0.05, 0) is 0 Å². The first-order valence-corrected chi connectivity index (χ1v) is 7.62. The molecule has 106 valence electrons. The Kier molecular flexibility index (Phi) is 3.59. The van der Waals surface area contributed by atoms with E-state index in [-0.39, 0.29) is 30.9 Å². The maximum atomic E-state index is 11.6. The molecule has 2 N–H and O–H groups in total. The van der Waals surface area contributed by atoms with Crippen molar-refractivity contribution in [3.05, 3.63) is 0 Å². The standard InChI is InChI=1S/C10H14N2O6S/c13-8-4-7(10(16)11-8)12-1-2-19(17,18)5-6(12)3-9(14)15/h6-7H,1-5H2,(H,14,15)(H,11,13,16). The van der Waals surface area contributed by atoms with Gasteiger partial charge in [0.2, 0.25) is 11.8 Å². The highest BCUT2D eigenvalue weighted by atomic mass is 32.2. The predicted octanol–water partition coefficient (Wildman–Crippen LogP) is -2.02. The van der Waals surface area contributed by atoms with Gasteiger partial charge in [0.1, 0.15) is 0 Å². The third-order valence-corrected chi connectivity index (χ3v) is 5.03. The number of carbonyl (C=O) groups is 3. The molecule has 0 aromatic rings. The van der Waals surface area contributed by atoms with Crippen LogP contribution < -0.4 is 5.32 Å². The van der Waals surface area contributed by atoms with Crippen LogP contribution in [0.2, 0.25) is 0 Å². The van der Waals surface area contributed by atoms with E-state index in [2.05, 4.69) is 5.32 Å². The molecule has 0 radical (unpaired) electrons. The fourth-order valence-electron chi connectivity index (χ4n) is 2.50. The molecule has 19 heavy (non-hydrogen) atoms. The molecule has 2 aliphatic heterocycles. The Bertz CT molecular complexity index is 528. The molecule has 8 nitrogen and oxygen atoms in total. The lowest BCUT2D eigenvalue weighted by atomic mass is 10.1. The molecule has 2 saturated heterocycles. The van der Waals surface area contributed by atoms with Crippen LogP contribution in [0.5, 0.6) is 0 Å². The number of amides is 2. The number of nitrogens with zero attached hydrogens (tertiary/aromatic N) is 1. The van der Waals surface area contributed by atoms with E-state index in [1.807, 2.05) is 0 Å². The Morgan fingerprint density at radius 3 is 2.63 bits per heavy atom. The molecule has 2 fully saturated rings. The molecule has 0 aromatic carbocycles. The zero-order valence-corrected chi connectivity index (χ0v) is 10.9. The molecule has 2 atom stereocenters. The smallest absolute Gasteiger partial charge is 0.304 e. The van der Waals surface area contributed by atoms with E-state index in [1.165, 1.54) is 4.90 Å². The minimum Gasteiger partial charge on any atom is -0.481 e. The van der Waals surface area contributed by atoms with Crippen molar-refractivity contribution in [2.45, 2.75) is 24.9 Å². The van der Waals surface area contributed by atoms with Crippen LogP contribution in [0.15, 0.2) is 0 Å². The number of hydrogen-bond acceptors (Lipinski definition) is 6. The van der Waals surface area contributed by atoms with Gasteiger partial charge in [-0.3, -0.25) is 24.6 Å². The first kappa shape index (κ1) is 13.9. The van der Waals surface area contributed by atoms with Crippen molar-refractivity contribution in [2.24, 2.45) is 0 Å². The van der Waals surface area contributed by atoms with Gasteiger partial charge in [0.25, 0.3) is 0 Å². The first-order chi connectivity index (χ1) is 8.78. The lowest BCUT2D eigenvalue weighted by Crippen LogP contribution is -2.55. The summed E-state index contributed by atoms with van der Waals surface area (Å²) in [4.78, 5) is 35.1. The van der Waals surface area contributed by atoms with Gasteiger partial charge >= 0.3 is 5.97 Å². The number of sulfone groups is 1. The fraction of sp³-hybridized carbons (Fsp3) is 0.700. The van der Waals surface area contributed by atoms with Crippen molar-refractivity contribution in [3.8, 4) is 0 Å². The molecular weight excluding hydrogens is 276 g/mol. The van der Waals surface area contributed by atoms with Crippen LogP contribution in [0, 0.1) is 0 Å². The van der Waals surface area contributed by atoms with E-state index in [0.717, 1.165) is 0 Å². The number of carboxylic acids is 1. The summed E-state index contributed by atoms with van der Waals surface area (Å²) in [6.45, 7) is 0.0750. The number of hydrogen-bond donors (Lipinski definition) is 2. The van der Waals surface area contributed by atoms with E-state index in [9.17, 15) is 22.8 Å². The van der Waals surface area contributed by atoms with E-state index >= 15 is 0 Å². The Morgan fingerprint density at radius 1 is 1.42 bits per heavy atom. The minimum absolute atomic E-state index is 0.0466. The summed E-state index contributed by atoms with van der Waals surface area (Å²) in [5.74, 6) is -2.45. The molecule has 0 aromatic heterocycles. The summed E-state index contributed by atoms with van der Waals surface area (Å²) < 4.78 is 23.1. The Labute approximate surface area is 109 Å². The molecule has 0 saturated carbocycles. The van der Waals surface area contributed by atoms with E-state index in [0.29, 0.717) is 0 Å². The molecule has 2 aliphatic rings. The largest absolute Gasteiger partial charge is 0.481 e. The monoisotopic (exact) mass is 290 g/mol. The van der Waals surface area contributed by atoms with Crippen LogP contribution in [-0.2, 0) is 24.2 Å². The number of rotatable bonds is 3. The number of nitrogens with one attached hydrogen (secondary N) is 1. The lowest BCUT2D eigenvalue weighted by Gasteiger charge is -2.37. The van der Waals surface area contributed by atoms with Gasteiger partial charge < -0.3 is 5.11 Å². The molecule has 0 bridgehead atoms. The van der Waals surface area contributed by atoms with Crippen molar-refractivity contribution in [2.75, 3.05) is 18.1 Å².